The molecule has 0 saturated carbocycles. The van der Waals surface area contributed by atoms with Gasteiger partial charge in [-0.15, -0.1) is 0 Å². The predicted molar refractivity (Wildman–Crippen MR) is 33.2 cm³/mol. The molecule has 0 N–H and O–H groups in total. The predicted octanol–water partition coefficient (Wildman–Crippen LogP) is -3.09. The van der Waals surface area contributed by atoms with E-state index >= 15 is 0 Å². The van der Waals surface area contributed by atoms with E-state index in [2.05, 4.69) is 0 Å². The maximum Gasteiger partial charge on any atom is 1.00 e. The van der Waals surface area contributed by atoms with E-state index in [1.807, 2.05) is 0 Å². The summed E-state index contributed by atoms with van der Waals surface area (Å²) in [6.45, 7) is 0. The van der Waals surface area contributed by atoms with Crippen molar-refractivity contribution in [2.24, 2.45) is 0 Å². The third-order valence-electron chi connectivity index (χ3n) is 1.01. The zero-order chi connectivity index (χ0) is 6.69. The summed E-state index contributed by atoms with van der Waals surface area (Å²) in [5, 5.41) is 10.2. The molecule has 0 bridgehead atoms. The number of hydrogen-bond donors (Lipinski definition) is 0. The molecule has 10 heavy (non-hydrogen) atoms. The van der Waals surface area contributed by atoms with Gasteiger partial charge in [-0.25, -0.2) is 0 Å². The summed E-state index contributed by atoms with van der Waals surface area (Å²) >= 11 is 0. The first-order valence-corrected chi connectivity index (χ1v) is 4.22. The van der Waals surface area contributed by atoms with Crippen LogP contribution in [-0.2, 0) is 0 Å². The number of rotatable bonds is 1. The summed E-state index contributed by atoms with van der Waals surface area (Å²) in [6, 6.07) is 5.28. The molecule has 1 aromatic heterocycles. The fraction of sp³-hybridized carbons (Fsp3) is 0. The van der Waals surface area contributed by atoms with Gasteiger partial charge in [-0.1, -0.05) is 29.6 Å². The van der Waals surface area contributed by atoms with Crippen molar-refractivity contribution in [3.63, 3.8) is 0 Å². The molecular weight excluding hydrogens is 155 g/mol. The molecule has 1 rings (SSSR count). The summed E-state index contributed by atoms with van der Waals surface area (Å²) in [6.07, 6.45) is 0. The van der Waals surface area contributed by atoms with Crippen molar-refractivity contribution in [1.82, 2.24) is 0 Å². The Hall–Kier alpha value is 0.0369. The third kappa shape index (κ3) is 2.75. The second kappa shape index (κ2) is 4.79. The van der Waals surface area contributed by atoms with Gasteiger partial charge in [0.15, 0.2) is 0 Å². The smallest absolute Gasteiger partial charge is 0.551 e. The summed E-state index contributed by atoms with van der Waals surface area (Å²) in [5.74, 6) is 0. The summed E-state index contributed by atoms with van der Waals surface area (Å²) in [4.78, 5) is 10.2. The van der Waals surface area contributed by atoms with Crippen molar-refractivity contribution in [2.75, 3.05) is 0 Å². The Morgan fingerprint density at radius 3 is 2.00 bits per heavy atom. The zero-order valence-corrected chi connectivity index (χ0v) is 8.70. The minimum atomic E-state index is -1.45. The van der Waals surface area contributed by atoms with Gasteiger partial charge in [0.1, 0.15) is 0 Å². The van der Waals surface area contributed by atoms with Crippen LogP contribution in [0.5, 0.6) is 0 Å². The average molecular weight is 160 g/mol. The molecule has 0 fully saturated rings. The van der Waals surface area contributed by atoms with E-state index < -0.39 is 14.0 Å². The fourth-order valence-corrected chi connectivity index (χ4v) is 1.59. The van der Waals surface area contributed by atoms with Crippen molar-refractivity contribution in [1.29, 1.82) is 0 Å². The first kappa shape index (κ1) is 10.0. The number of carbonyl (C=O) groups is 1. The van der Waals surface area contributed by atoms with Crippen LogP contribution in [0, 0.1) is 0 Å². The van der Waals surface area contributed by atoms with E-state index in [9.17, 15) is 9.90 Å². The SMILES string of the molecule is O=C([O-])[si]1ccccc1.[Na+]. The molecule has 1 heterocycles. The van der Waals surface area contributed by atoms with E-state index in [4.69, 9.17) is 0 Å². The third-order valence-corrected chi connectivity index (χ3v) is 2.58. The van der Waals surface area contributed by atoms with Crippen LogP contribution in [0.3, 0.4) is 0 Å². The molecule has 46 valence electrons. The normalized spacial score (nSPS) is 8.00. The molecule has 0 aromatic carbocycles. The van der Waals surface area contributed by atoms with E-state index in [0.717, 1.165) is 0 Å². The van der Waals surface area contributed by atoms with Crippen molar-refractivity contribution >= 4 is 14.0 Å². The minimum Gasteiger partial charge on any atom is -0.551 e. The first-order chi connectivity index (χ1) is 4.30. The molecule has 0 saturated heterocycles. The van der Waals surface area contributed by atoms with Gasteiger partial charge in [0.25, 0.3) is 0 Å². The van der Waals surface area contributed by atoms with E-state index in [1.54, 1.807) is 29.6 Å². The van der Waals surface area contributed by atoms with Crippen LogP contribution in [0.4, 0.5) is 4.79 Å². The number of hydrogen-bond acceptors (Lipinski definition) is 2. The van der Waals surface area contributed by atoms with Crippen LogP contribution in [0.25, 0.3) is 0 Å². The van der Waals surface area contributed by atoms with Crippen LogP contribution >= 0.6 is 0 Å². The standard InChI is InChI=1S/C6H6O2Si.Na/c7-6(8)9-4-2-1-3-5-9;/h1-5H,(H,7,8);/q;+1/p-1. The Morgan fingerprint density at radius 1 is 1.20 bits per heavy atom. The van der Waals surface area contributed by atoms with Crippen molar-refractivity contribution in [3.8, 4) is 0 Å². The Morgan fingerprint density at radius 2 is 1.70 bits per heavy atom. The van der Waals surface area contributed by atoms with Crippen molar-refractivity contribution < 1.29 is 39.5 Å². The molecule has 0 aliphatic carbocycles. The Balaban J connectivity index is 0.000000810. The zero-order valence-electron chi connectivity index (χ0n) is 5.70. The van der Waals surface area contributed by atoms with Gasteiger partial charge in [-0.05, 0) is 0 Å². The molecule has 0 aliphatic heterocycles. The summed E-state index contributed by atoms with van der Waals surface area (Å²) in [7, 11) is -1.45. The van der Waals surface area contributed by atoms with Gasteiger partial charge in [-0.2, -0.15) is 0 Å². The van der Waals surface area contributed by atoms with Gasteiger partial charge >= 0.3 is 29.6 Å². The van der Waals surface area contributed by atoms with Gasteiger partial charge in [-0.3, -0.25) is 0 Å². The average Bonchev–Trinajstić information content (AvgIpc) is 1.90. The van der Waals surface area contributed by atoms with Crippen LogP contribution in [0.15, 0.2) is 29.6 Å². The molecule has 4 heteroatoms. The van der Waals surface area contributed by atoms with Gasteiger partial charge in [0, 0.05) is 5.59 Å². The molecule has 0 unspecified atom stereocenters. The maximum absolute atomic E-state index is 10.2. The van der Waals surface area contributed by atoms with Crippen molar-refractivity contribution in [2.45, 2.75) is 0 Å². The summed E-state index contributed by atoms with van der Waals surface area (Å²) in [5.41, 5.74) is 2.42. The topological polar surface area (TPSA) is 40.1 Å². The Labute approximate surface area is 82.7 Å². The molecule has 1 aromatic rings. The Kier molecular flexibility index (Phi) is 4.81. The Bertz CT molecular complexity index is 212. The summed E-state index contributed by atoms with van der Waals surface area (Å²) < 4.78 is 0. The van der Waals surface area contributed by atoms with Crippen LogP contribution in [0.1, 0.15) is 0 Å². The molecule has 2 nitrogen and oxygen atoms in total. The largest absolute Gasteiger partial charge is 1.00 e. The number of carbonyl (C=O) groups excluding carboxylic acids is 1. The van der Waals surface area contributed by atoms with Crippen LogP contribution in [-0.4, -0.2) is 14.0 Å². The van der Waals surface area contributed by atoms with E-state index in [1.165, 1.54) is 0 Å². The van der Waals surface area contributed by atoms with Crippen molar-refractivity contribution in [3.05, 3.63) is 29.6 Å². The quantitative estimate of drug-likeness (QED) is 0.408. The second-order valence-corrected chi connectivity index (χ2v) is 3.64. The molecule has 0 aliphatic rings. The molecule has 0 spiro atoms. The molecular formula is C6H5NaO2Si. The minimum absolute atomic E-state index is 0. The molecule has 0 radical (unpaired) electrons. The van der Waals surface area contributed by atoms with Gasteiger partial charge in [0.2, 0.25) is 0 Å². The van der Waals surface area contributed by atoms with E-state index in [-0.39, 0.29) is 29.6 Å². The van der Waals surface area contributed by atoms with Gasteiger partial charge < -0.3 is 9.90 Å². The van der Waals surface area contributed by atoms with Gasteiger partial charge in [0.05, 0.1) is 8.40 Å². The number of carboxylic acid groups (broad SMARTS) is 1. The monoisotopic (exact) mass is 160 g/mol. The molecule has 0 amide bonds. The first-order valence-electron chi connectivity index (χ1n) is 2.57. The van der Waals surface area contributed by atoms with E-state index in [0.29, 0.717) is 0 Å². The maximum atomic E-state index is 10.2. The fourth-order valence-electron chi connectivity index (χ4n) is 0.574. The van der Waals surface area contributed by atoms with Crippen LogP contribution in [0.2, 0.25) is 0 Å². The van der Waals surface area contributed by atoms with Crippen LogP contribution < -0.4 is 34.7 Å². The second-order valence-electron chi connectivity index (χ2n) is 1.65. The molecule has 0 atom stereocenters.